The van der Waals surface area contributed by atoms with Crippen molar-refractivity contribution in [3.63, 3.8) is 0 Å². The van der Waals surface area contributed by atoms with Gasteiger partial charge >= 0.3 is 0 Å². The fourth-order valence-corrected chi connectivity index (χ4v) is 2.37. The van der Waals surface area contributed by atoms with Crippen LogP contribution in [-0.4, -0.2) is 34.5 Å². The van der Waals surface area contributed by atoms with Crippen LogP contribution in [-0.2, 0) is 0 Å². The van der Waals surface area contributed by atoms with E-state index in [-0.39, 0.29) is 5.91 Å². The van der Waals surface area contributed by atoms with Gasteiger partial charge in [0.15, 0.2) is 0 Å². The maximum absolute atomic E-state index is 12.1. The highest BCUT2D eigenvalue weighted by atomic mass is 16.5. The van der Waals surface area contributed by atoms with Gasteiger partial charge in [-0.25, -0.2) is 0 Å². The zero-order chi connectivity index (χ0) is 16.9. The first-order valence-electron chi connectivity index (χ1n) is 7.95. The Kier molecular flexibility index (Phi) is 4.74. The molecule has 0 bridgehead atoms. The van der Waals surface area contributed by atoms with E-state index in [1.54, 1.807) is 18.2 Å². The van der Waals surface area contributed by atoms with Crippen molar-refractivity contribution in [2.75, 3.05) is 13.2 Å². The number of aromatic nitrogens is 3. The fraction of sp³-hybridized carbons (Fsp3) is 0.278. The van der Waals surface area contributed by atoms with Crippen LogP contribution < -0.4 is 10.1 Å². The van der Waals surface area contributed by atoms with Gasteiger partial charge in [-0.3, -0.25) is 4.79 Å². The summed E-state index contributed by atoms with van der Waals surface area (Å²) in [6.45, 7) is 5.16. The minimum Gasteiger partial charge on any atom is -0.492 e. The first-order valence-corrected chi connectivity index (χ1v) is 7.95. The smallest absolute Gasteiger partial charge is 0.251 e. The van der Waals surface area contributed by atoms with Gasteiger partial charge in [0.2, 0.25) is 0 Å². The van der Waals surface area contributed by atoms with Gasteiger partial charge in [-0.15, -0.1) is 0 Å². The molecule has 6 nitrogen and oxygen atoms in total. The van der Waals surface area contributed by atoms with Gasteiger partial charge in [-0.1, -0.05) is 26.0 Å². The van der Waals surface area contributed by atoms with Gasteiger partial charge in [0.1, 0.15) is 23.4 Å². The van der Waals surface area contributed by atoms with E-state index in [0.717, 1.165) is 11.3 Å². The lowest BCUT2D eigenvalue weighted by atomic mass is 10.0. The normalized spacial score (nSPS) is 11.0. The molecular weight excluding hydrogens is 304 g/mol. The molecular formula is C18H20N4O2. The molecule has 1 amide bonds. The number of fused-ring (bicyclic) bond motifs is 1. The van der Waals surface area contributed by atoms with Gasteiger partial charge in [-0.05, 0) is 41.8 Å². The second kappa shape index (κ2) is 7.12. The largest absolute Gasteiger partial charge is 0.492 e. The molecule has 0 atom stereocenters. The van der Waals surface area contributed by atoms with Crippen LogP contribution in [0.5, 0.6) is 5.75 Å². The summed E-state index contributed by atoms with van der Waals surface area (Å²) in [6.07, 6.45) is 0. The molecule has 0 unspecified atom stereocenters. The minimum atomic E-state index is -0.154. The van der Waals surface area contributed by atoms with Crippen molar-refractivity contribution in [1.82, 2.24) is 20.7 Å². The van der Waals surface area contributed by atoms with Crippen LogP contribution in [0.3, 0.4) is 0 Å². The number of aromatic amines is 1. The number of carbonyl (C=O) groups excluding carboxylic acids is 1. The number of carbonyl (C=O) groups is 1. The number of nitrogens with zero attached hydrogens (tertiary/aromatic N) is 2. The molecule has 3 aromatic rings. The van der Waals surface area contributed by atoms with Gasteiger partial charge in [0, 0.05) is 5.56 Å². The number of H-pyrrole nitrogens is 1. The van der Waals surface area contributed by atoms with E-state index in [0.29, 0.717) is 30.1 Å². The monoisotopic (exact) mass is 324 g/mol. The number of amides is 1. The molecule has 0 aliphatic carbocycles. The van der Waals surface area contributed by atoms with Crippen LogP contribution in [0.15, 0.2) is 42.5 Å². The molecule has 1 heterocycles. The molecule has 3 rings (SSSR count). The van der Waals surface area contributed by atoms with Crippen LogP contribution in [0.4, 0.5) is 0 Å². The van der Waals surface area contributed by atoms with Crippen molar-refractivity contribution in [2.45, 2.75) is 19.8 Å². The molecule has 0 aliphatic rings. The molecule has 0 spiro atoms. The predicted molar refractivity (Wildman–Crippen MR) is 92.2 cm³/mol. The number of hydrogen-bond acceptors (Lipinski definition) is 4. The summed E-state index contributed by atoms with van der Waals surface area (Å²) >= 11 is 0. The van der Waals surface area contributed by atoms with Crippen molar-refractivity contribution >= 4 is 16.9 Å². The molecule has 0 saturated heterocycles. The third kappa shape index (κ3) is 3.71. The maximum Gasteiger partial charge on any atom is 0.251 e. The molecule has 6 heteroatoms. The van der Waals surface area contributed by atoms with Crippen molar-refractivity contribution < 1.29 is 9.53 Å². The zero-order valence-electron chi connectivity index (χ0n) is 13.7. The van der Waals surface area contributed by atoms with Crippen molar-refractivity contribution in [1.29, 1.82) is 0 Å². The Morgan fingerprint density at radius 1 is 1.12 bits per heavy atom. The van der Waals surface area contributed by atoms with Crippen LogP contribution in [0, 0.1) is 0 Å². The third-order valence-corrected chi connectivity index (χ3v) is 3.78. The quantitative estimate of drug-likeness (QED) is 0.683. The Morgan fingerprint density at radius 3 is 2.62 bits per heavy atom. The number of ether oxygens (including phenoxy) is 1. The van der Waals surface area contributed by atoms with E-state index in [1.807, 2.05) is 12.1 Å². The van der Waals surface area contributed by atoms with E-state index in [4.69, 9.17) is 4.74 Å². The Hall–Kier alpha value is -2.89. The van der Waals surface area contributed by atoms with E-state index in [9.17, 15) is 4.79 Å². The molecule has 0 saturated carbocycles. The van der Waals surface area contributed by atoms with Crippen LogP contribution in [0.1, 0.15) is 35.7 Å². The van der Waals surface area contributed by atoms with Crippen LogP contribution in [0.25, 0.3) is 11.0 Å². The van der Waals surface area contributed by atoms with Gasteiger partial charge in [0.25, 0.3) is 5.91 Å². The average Bonchev–Trinajstić information content (AvgIpc) is 3.06. The van der Waals surface area contributed by atoms with Gasteiger partial charge in [-0.2, -0.15) is 15.4 Å². The number of benzene rings is 2. The number of rotatable bonds is 6. The summed E-state index contributed by atoms with van der Waals surface area (Å²) in [7, 11) is 0. The lowest BCUT2D eigenvalue weighted by Gasteiger charge is -2.09. The Labute approximate surface area is 140 Å². The summed E-state index contributed by atoms with van der Waals surface area (Å²) in [6, 6.07) is 13.2. The topological polar surface area (TPSA) is 79.9 Å². The molecule has 2 N–H and O–H groups in total. The SMILES string of the molecule is CC(C)c1ccc(OCCNC(=O)c2ccc3n[nH]nc3c2)cc1. The molecule has 2 aromatic carbocycles. The Balaban J connectivity index is 1.48. The summed E-state index contributed by atoms with van der Waals surface area (Å²) in [4.78, 5) is 12.1. The van der Waals surface area contributed by atoms with Gasteiger partial charge < -0.3 is 10.1 Å². The Bertz CT molecular complexity index is 824. The fourth-order valence-electron chi connectivity index (χ4n) is 2.37. The van der Waals surface area contributed by atoms with Crippen LogP contribution >= 0.6 is 0 Å². The molecule has 124 valence electrons. The summed E-state index contributed by atoms with van der Waals surface area (Å²) in [5.41, 5.74) is 3.24. The maximum atomic E-state index is 12.1. The van der Waals surface area contributed by atoms with Gasteiger partial charge in [0.05, 0.1) is 6.54 Å². The lowest BCUT2D eigenvalue weighted by molar-refractivity contribution is 0.0947. The number of hydrogen-bond donors (Lipinski definition) is 2. The predicted octanol–water partition coefficient (Wildman–Crippen LogP) is 2.89. The van der Waals surface area contributed by atoms with E-state index < -0.39 is 0 Å². The van der Waals surface area contributed by atoms with E-state index in [2.05, 4.69) is 46.7 Å². The number of nitrogens with one attached hydrogen (secondary N) is 2. The highest BCUT2D eigenvalue weighted by Crippen LogP contribution is 2.18. The summed E-state index contributed by atoms with van der Waals surface area (Å²) in [5.74, 6) is 1.15. The van der Waals surface area contributed by atoms with Crippen molar-refractivity contribution in [3.05, 3.63) is 53.6 Å². The standard InChI is InChI=1S/C18H20N4O2/c1-12(2)13-3-6-15(7-4-13)24-10-9-19-18(23)14-5-8-16-17(11-14)21-22-20-16/h3-8,11-12H,9-10H2,1-2H3,(H,19,23)(H,20,21,22). The highest BCUT2D eigenvalue weighted by Gasteiger charge is 2.07. The first-order chi connectivity index (χ1) is 11.6. The average molecular weight is 324 g/mol. The zero-order valence-corrected chi connectivity index (χ0v) is 13.7. The molecule has 0 aliphatic heterocycles. The molecule has 1 aromatic heterocycles. The minimum absolute atomic E-state index is 0.154. The van der Waals surface area contributed by atoms with Crippen molar-refractivity contribution in [3.8, 4) is 5.75 Å². The Morgan fingerprint density at radius 2 is 1.88 bits per heavy atom. The molecule has 24 heavy (non-hydrogen) atoms. The summed E-state index contributed by atoms with van der Waals surface area (Å²) < 4.78 is 5.64. The first kappa shape index (κ1) is 16.0. The third-order valence-electron chi connectivity index (χ3n) is 3.78. The van der Waals surface area contributed by atoms with E-state index in [1.165, 1.54) is 5.56 Å². The lowest BCUT2D eigenvalue weighted by Crippen LogP contribution is -2.28. The highest BCUT2D eigenvalue weighted by molar-refractivity contribution is 5.97. The summed E-state index contributed by atoms with van der Waals surface area (Å²) in [5, 5.41) is 13.3. The molecule has 0 radical (unpaired) electrons. The van der Waals surface area contributed by atoms with E-state index >= 15 is 0 Å². The second-order valence-electron chi connectivity index (χ2n) is 5.86. The van der Waals surface area contributed by atoms with Crippen LogP contribution in [0.2, 0.25) is 0 Å². The second-order valence-corrected chi connectivity index (χ2v) is 5.86. The molecule has 0 fully saturated rings. The van der Waals surface area contributed by atoms with Crippen molar-refractivity contribution in [2.24, 2.45) is 0 Å².